The summed E-state index contributed by atoms with van der Waals surface area (Å²) in [7, 11) is 0. The van der Waals surface area contributed by atoms with Gasteiger partial charge in [-0.2, -0.15) is 19.2 Å². The van der Waals surface area contributed by atoms with Gasteiger partial charge in [-0.25, -0.2) is 0 Å². The molecule has 1 aliphatic heterocycles. The molecule has 0 aromatic rings. The van der Waals surface area contributed by atoms with Gasteiger partial charge in [0.1, 0.15) is 5.60 Å². The summed E-state index contributed by atoms with van der Waals surface area (Å²) in [6.07, 6.45) is 0.500. The van der Waals surface area contributed by atoms with Crippen LogP contribution < -0.4 is 5.32 Å². The minimum Gasteiger partial charge on any atom is -0.459 e. The van der Waals surface area contributed by atoms with E-state index < -0.39 is 5.60 Å². The fourth-order valence-corrected chi connectivity index (χ4v) is 3.87. The third-order valence-corrected chi connectivity index (χ3v) is 4.84. The number of esters is 1. The van der Waals surface area contributed by atoms with Crippen molar-refractivity contribution in [3.05, 3.63) is 0 Å². The molecule has 1 rings (SSSR count). The van der Waals surface area contributed by atoms with Crippen molar-refractivity contribution in [3.8, 4) is 0 Å². The molecule has 1 aliphatic rings. The van der Waals surface area contributed by atoms with Crippen molar-refractivity contribution >= 4 is 18.3 Å². The number of carbonyl (C=O) groups excluding carboxylic acids is 5. The second kappa shape index (κ2) is 18.3. The summed E-state index contributed by atoms with van der Waals surface area (Å²) < 4.78 is 5.56. The largest absolute Gasteiger partial charge is 0.459 e. The van der Waals surface area contributed by atoms with Crippen molar-refractivity contribution in [2.24, 2.45) is 10.8 Å². The minimum atomic E-state index is -0.434. The molecule has 1 saturated heterocycles. The highest BCUT2D eigenvalue weighted by Crippen LogP contribution is 2.17. The summed E-state index contributed by atoms with van der Waals surface area (Å²) in [6.45, 7) is 30.0. The van der Waals surface area contributed by atoms with Crippen LogP contribution in [0.5, 0.6) is 0 Å². The van der Waals surface area contributed by atoms with E-state index in [0.717, 1.165) is 65.4 Å². The molecule has 0 unspecified atom stereocenters. The summed E-state index contributed by atoms with van der Waals surface area (Å²) in [6, 6.07) is 0. The van der Waals surface area contributed by atoms with E-state index in [1.807, 2.05) is 20.8 Å². The van der Waals surface area contributed by atoms with Gasteiger partial charge in [-0.3, -0.25) is 9.69 Å². The van der Waals surface area contributed by atoms with Gasteiger partial charge in [0.15, 0.2) is 0 Å². The van der Waals surface area contributed by atoms with Crippen LogP contribution in [-0.2, 0) is 28.7 Å². The molecular formula is C26H50N4O6. The first-order chi connectivity index (χ1) is 16.5. The van der Waals surface area contributed by atoms with Crippen molar-refractivity contribution in [2.45, 2.75) is 67.9 Å². The van der Waals surface area contributed by atoms with Gasteiger partial charge in [0.25, 0.3) is 0 Å². The van der Waals surface area contributed by atoms with Crippen LogP contribution in [0.2, 0.25) is 0 Å². The third kappa shape index (κ3) is 25.2. The molecule has 1 fully saturated rings. The molecule has 0 radical (unpaired) electrons. The van der Waals surface area contributed by atoms with Crippen LogP contribution in [0.15, 0.2) is 0 Å². The van der Waals surface area contributed by atoms with E-state index >= 15 is 0 Å². The Kier molecular flexibility index (Phi) is 18.5. The zero-order valence-electron chi connectivity index (χ0n) is 24.1. The van der Waals surface area contributed by atoms with Crippen molar-refractivity contribution in [2.75, 3.05) is 72.0 Å². The maximum atomic E-state index is 12.4. The van der Waals surface area contributed by atoms with Crippen molar-refractivity contribution in [1.29, 1.82) is 0 Å². The summed E-state index contributed by atoms with van der Waals surface area (Å²) in [5.74, 6) is -0.131. The smallest absolute Gasteiger partial charge is 0.373 e. The van der Waals surface area contributed by atoms with E-state index in [-0.39, 0.29) is 23.7 Å². The van der Waals surface area contributed by atoms with Crippen LogP contribution in [-0.4, -0.2) is 111 Å². The zero-order chi connectivity index (χ0) is 28.4. The fraction of sp³-hybridized carbons (Fsp3) is 0.885. The molecule has 0 aromatic heterocycles. The predicted molar refractivity (Wildman–Crippen MR) is 137 cm³/mol. The van der Waals surface area contributed by atoms with E-state index in [2.05, 4.69) is 61.6 Å². The molecule has 10 heteroatoms. The van der Waals surface area contributed by atoms with Gasteiger partial charge in [-0.1, -0.05) is 41.5 Å². The second-order valence-electron chi connectivity index (χ2n) is 12.5. The van der Waals surface area contributed by atoms with Gasteiger partial charge in [0, 0.05) is 65.4 Å². The molecule has 10 nitrogen and oxygen atoms in total. The van der Waals surface area contributed by atoms with Gasteiger partial charge in [0.2, 0.25) is 0 Å². The topological polar surface area (TPSA) is 116 Å². The van der Waals surface area contributed by atoms with Gasteiger partial charge in [-0.05, 0) is 31.6 Å². The van der Waals surface area contributed by atoms with Crippen molar-refractivity contribution < 1.29 is 28.7 Å². The normalized spacial score (nSPS) is 17.5. The number of carbonyl (C=O) groups is 1. The average molecular weight is 515 g/mol. The van der Waals surface area contributed by atoms with Crippen LogP contribution in [0, 0.1) is 10.8 Å². The Morgan fingerprint density at radius 1 is 0.667 bits per heavy atom. The monoisotopic (exact) mass is 514 g/mol. The Morgan fingerprint density at radius 3 is 1.36 bits per heavy atom. The maximum Gasteiger partial charge on any atom is 0.373 e. The average Bonchev–Trinajstić information content (AvgIpc) is 2.65. The molecule has 0 amide bonds. The Labute approximate surface area is 218 Å². The molecule has 1 heterocycles. The number of nitrogens with zero attached hydrogens (tertiary/aromatic N) is 3. The quantitative estimate of drug-likeness (QED) is 0.556. The van der Waals surface area contributed by atoms with Crippen LogP contribution in [0.4, 0.5) is 0 Å². The highest BCUT2D eigenvalue weighted by Gasteiger charge is 2.23. The first-order valence-electron chi connectivity index (χ1n) is 12.5. The molecule has 0 aliphatic carbocycles. The SMILES string of the molecule is CC(C)(C)CN1CCNCCN(CC(=O)OC(C)(C)C)CCN(CC(C)(C)C)CC1.O=C=O.O=C=O. The highest BCUT2D eigenvalue weighted by molar-refractivity contribution is 5.72. The molecule has 1 N–H and O–H groups in total. The van der Waals surface area contributed by atoms with Crippen LogP contribution in [0.25, 0.3) is 0 Å². The van der Waals surface area contributed by atoms with E-state index in [4.69, 9.17) is 23.9 Å². The first-order valence-corrected chi connectivity index (χ1v) is 12.5. The molecule has 0 atom stereocenters. The molecule has 0 bridgehead atoms. The molecule has 0 aromatic carbocycles. The molecule has 0 saturated carbocycles. The molecule has 36 heavy (non-hydrogen) atoms. The molecule has 210 valence electrons. The molecule has 0 spiro atoms. The van der Waals surface area contributed by atoms with Gasteiger partial charge < -0.3 is 19.9 Å². The van der Waals surface area contributed by atoms with Crippen molar-refractivity contribution in [1.82, 2.24) is 20.0 Å². The standard InChI is InChI=1S/C24H50N4O2.2CO2/c1-22(2,3)19-27-13-11-25-10-12-26(18-21(29)30-24(7,8)9)14-15-28(17-16-27)20-23(4,5)6;2*2-1-3/h25H,10-20H2,1-9H3;;. The first kappa shape index (κ1) is 36.2. The maximum absolute atomic E-state index is 12.4. The van der Waals surface area contributed by atoms with Crippen LogP contribution >= 0.6 is 0 Å². The van der Waals surface area contributed by atoms with E-state index in [1.165, 1.54) is 0 Å². The predicted octanol–water partition coefficient (Wildman–Crippen LogP) is 1.76. The summed E-state index contributed by atoms with van der Waals surface area (Å²) in [5, 5.41) is 3.57. The van der Waals surface area contributed by atoms with Crippen LogP contribution in [0.3, 0.4) is 0 Å². The number of nitrogens with one attached hydrogen (secondary N) is 1. The third-order valence-electron chi connectivity index (χ3n) is 4.84. The zero-order valence-corrected chi connectivity index (χ0v) is 24.1. The van der Waals surface area contributed by atoms with Gasteiger partial charge >= 0.3 is 18.3 Å². The Morgan fingerprint density at radius 2 is 1.00 bits per heavy atom. The lowest BCUT2D eigenvalue weighted by molar-refractivity contribution is -0.193. The molecular weight excluding hydrogens is 464 g/mol. The Hall–Kier alpha value is -1.93. The van der Waals surface area contributed by atoms with E-state index in [1.54, 1.807) is 0 Å². The summed E-state index contributed by atoms with van der Waals surface area (Å²) in [4.78, 5) is 52.3. The number of hydrogen-bond acceptors (Lipinski definition) is 10. The highest BCUT2D eigenvalue weighted by atomic mass is 16.6. The van der Waals surface area contributed by atoms with E-state index in [0.29, 0.717) is 12.0 Å². The second-order valence-corrected chi connectivity index (χ2v) is 12.5. The number of hydrogen-bond donors (Lipinski definition) is 1. The lowest BCUT2D eigenvalue weighted by Crippen LogP contribution is -2.48. The van der Waals surface area contributed by atoms with Crippen molar-refractivity contribution in [3.63, 3.8) is 0 Å². The summed E-state index contributed by atoms with van der Waals surface area (Å²) >= 11 is 0. The lowest BCUT2D eigenvalue weighted by atomic mass is 9.95. The summed E-state index contributed by atoms with van der Waals surface area (Å²) in [5.41, 5.74) is 0.121. The van der Waals surface area contributed by atoms with E-state index in [9.17, 15) is 4.79 Å². The Balaban J connectivity index is 0. The number of rotatable bonds is 4. The Bertz CT molecular complexity index is 655. The number of ether oxygens (including phenoxy) is 1. The van der Waals surface area contributed by atoms with Gasteiger partial charge in [-0.15, -0.1) is 0 Å². The van der Waals surface area contributed by atoms with Crippen LogP contribution in [0.1, 0.15) is 62.3 Å². The van der Waals surface area contributed by atoms with Gasteiger partial charge in [0.05, 0.1) is 6.54 Å². The fourth-order valence-electron chi connectivity index (χ4n) is 3.87. The lowest BCUT2D eigenvalue weighted by Gasteiger charge is -2.36. The minimum absolute atomic E-state index is 0.131.